The van der Waals surface area contributed by atoms with Crippen molar-refractivity contribution in [2.75, 3.05) is 172 Å². The summed E-state index contributed by atoms with van der Waals surface area (Å²) in [4.78, 5) is 98.8. The van der Waals surface area contributed by atoms with Gasteiger partial charge < -0.3 is 159 Å². The Morgan fingerprint density at radius 3 is 0.930 bits per heavy atom. The maximum Gasteiger partial charge on any atom is 0.326 e. The number of carboxylic acids is 1. The number of amides is 7. The monoisotopic (exact) mass is 1450 g/mol. The number of aliphatic hydroxyl groups is 9. The van der Waals surface area contributed by atoms with E-state index in [1.165, 1.54) is 20.8 Å². The van der Waals surface area contributed by atoms with Crippen molar-refractivity contribution in [2.24, 2.45) is 0 Å². The Labute approximate surface area is 578 Å². The summed E-state index contributed by atoms with van der Waals surface area (Å²) >= 11 is 0. The predicted octanol–water partition coefficient (Wildman–Crippen LogP) is -9.36. The van der Waals surface area contributed by atoms with E-state index < -0.39 is 178 Å². The number of carbonyl (C=O) groups excluding carboxylic acids is 7. The summed E-state index contributed by atoms with van der Waals surface area (Å²) in [6, 6.07) is -5.87. The molecule has 3 saturated heterocycles. The molecule has 0 aliphatic carbocycles. The second-order valence-corrected chi connectivity index (χ2v) is 23.0. The summed E-state index contributed by atoms with van der Waals surface area (Å²) in [5, 5.41) is 118. The van der Waals surface area contributed by atoms with Gasteiger partial charge in [-0.1, -0.05) is 0 Å². The van der Waals surface area contributed by atoms with Gasteiger partial charge in [-0.2, -0.15) is 0 Å². The standard InChI is InChI=1S/C60H107N7O33/c1-36(71)63-47-53(80)50(77)41(30-68)98-58(47)95-27-24-89-15-12-86-18-21-92-33-44(74)61-10-6-4-8-39(66-46(76)35-94-23-20-88-14-17-91-26-29-97-60-49(65-38(3)73)55(82)52(79)43(32-70)100-60)56(83)67-40(57(84)85)9-5-7-11-62-45(75)34-93-22-19-87-13-16-90-25-28-96-59-48(64-37(2)72)54(81)51(78)42(31-69)99-59/h39-43,47-55,58-60,68-70,77-82H,4-35H2,1-3H3,(H,61,74)(H,62,75)(H,63,71)(H,64,72)(H,65,73)(H,66,76)(H,67,83)(H,84,85)/t39-,40-,41+,42+,43+,47+,48+,49+,50-,51-,52-,53+,54+,55+,58+,59+,60+/m0/s1. The van der Waals surface area contributed by atoms with Gasteiger partial charge in [0.2, 0.25) is 41.4 Å². The van der Waals surface area contributed by atoms with Crippen molar-refractivity contribution in [3.05, 3.63) is 0 Å². The summed E-state index contributed by atoms with van der Waals surface area (Å²) < 4.78 is 82.2. The molecule has 7 amide bonds. The topological polar surface area (TPSA) is 562 Å². The average molecular weight is 1450 g/mol. The third-order valence-electron chi connectivity index (χ3n) is 15.0. The molecule has 40 heteroatoms. The van der Waals surface area contributed by atoms with Crippen LogP contribution in [0, 0.1) is 0 Å². The first-order valence-corrected chi connectivity index (χ1v) is 33.1. The Bertz CT molecular complexity index is 2310. The molecule has 3 fully saturated rings. The third kappa shape index (κ3) is 36.3. The minimum atomic E-state index is -1.47. The zero-order chi connectivity index (χ0) is 73.6. The lowest BCUT2D eigenvalue weighted by Crippen LogP contribution is -2.64. The highest BCUT2D eigenvalue weighted by Crippen LogP contribution is 2.25. The van der Waals surface area contributed by atoms with Crippen LogP contribution in [0.4, 0.5) is 0 Å². The van der Waals surface area contributed by atoms with Crippen LogP contribution in [0.15, 0.2) is 0 Å². The second-order valence-electron chi connectivity index (χ2n) is 23.0. The molecule has 3 aliphatic rings. The molecule has 3 aliphatic heterocycles. The molecule has 0 unspecified atom stereocenters. The van der Waals surface area contributed by atoms with E-state index in [9.17, 15) is 89.4 Å². The predicted molar refractivity (Wildman–Crippen MR) is 337 cm³/mol. The SMILES string of the molecule is CC(=O)N[C@H]1[C@H](OCCOCCOCCOCC(=O)NCCCC[C@H](NC(=O)[C@H](CCCCNC(=O)COCCOCCOCCO[C@@H]2O[C@H](CO)[C@H](O)[C@H](O)[C@H]2NC(C)=O)NC(=O)COCCOCCOCCO[C@@H]2O[C@H](CO)[C@H](O)[C@H](O)[C@H]2NC(C)=O)C(=O)O)O[C@H](CO)[C@H](O)[C@@H]1O. The second kappa shape index (κ2) is 52.7. The molecule has 0 radical (unpaired) electrons. The summed E-state index contributed by atoms with van der Waals surface area (Å²) in [7, 11) is 0. The Morgan fingerprint density at radius 2 is 0.640 bits per heavy atom. The van der Waals surface area contributed by atoms with E-state index >= 15 is 0 Å². The molecule has 17 N–H and O–H groups in total. The van der Waals surface area contributed by atoms with Crippen LogP contribution in [0.3, 0.4) is 0 Å². The molecule has 0 aromatic carbocycles. The molecule has 0 bridgehead atoms. The van der Waals surface area contributed by atoms with Gasteiger partial charge in [-0.3, -0.25) is 33.6 Å². The number of ether oxygens (including phenoxy) is 15. The lowest BCUT2D eigenvalue weighted by molar-refractivity contribution is -0.272. The first-order chi connectivity index (χ1) is 48.0. The fraction of sp³-hybridized carbons (Fsp3) is 0.867. The number of nitrogens with one attached hydrogen (secondary N) is 7. The number of rotatable bonds is 56. The quantitative estimate of drug-likeness (QED) is 0.0252. The van der Waals surface area contributed by atoms with E-state index in [2.05, 4.69) is 37.2 Å². The fourth-order valence-corrected chi connectivity index (χ4v) is 9.86. The minimum Gasteiger partial charge on any atom is -0.480 e. The van der Waals surface area contributed by atoms with Crippen LogP contribution in [0.25, 0.3) is 0 Å². The summed E-state index contributed by atoms with van der Waals surface area (Å²) in [5.41, 5.74) is 0. The summed E-state index contributed by atoms with van der Waals surface area (Å²) in [5.74, 6) is -5.18. The van der Waals surface area contributed by atoms with Gasteiger partial charge in [0.05, 0.1) is 139 Å². The number of hydrogen-bond acceptors (Lipinski definition) is 32. The highest BCUT2D eigenvalue weighted by Gasteiger charge is 2.48. The van der Waals surface area contributed by atoms with Crippen molar-refractivity contribution in [3.8, 4) is 0 Å². The number of carbonyl (C=O) groups is 8. The van der Waals surface area contributed by atoms with Crippen LogP contribution in [-0.4, -0.2) is 374 Å². The van der Waals surface area contributed by atoms with Gasteiger partial charge in [0, 0.05) is 33.9 Å². The smallest absolute Gasteiger partial charge is 0.326 e. The van der Waals surface area contributed by atoms with Crippen molar-refractivity contribution in [3.63, 3.8) is 0 Å². The van der Waals surface area contributed by atoms with Gasteiger partial charge in [0.1, 0.15) is 105 Å². The van der Waals surface area contributed by atoms with Crippen molar-refractivity contribution in [1.29, 1.82) is 0 Å². The fourth-order valence-electron chi connectivity index (χ4n) is 9.86. The largest absolute Gasteiger partial charge is 0.480 e. The van der Waals surface area contributed by atoms with Crippen LogP contribution in [0.5, 0.6) is 0 Å². The molecular weight excluding hydrogens is 1350 g/mol. The van der Waals surface area contributed by atoms with E-state index in [4.69, 9.17) is 71.1 Å². The lowest BCUT2D eigenvalue weighted by atomic mass is 9.97. The van der Waals surface area contributed by atoms with Crippen molar-refractivity contribution < 1.29 is 160 Å². The van der Waals surface area contributed by atoms with E-state index in [-0.39, 0.29) is 171 Å². The molecule has 3 heterocycles. The van der Waals surface area contributed by atoms with Crippen LogP contribution < -0.4 is 37.2 Å². The number of carboxylic acid groups (broad SMARTS) is 1. The highest BCUT2D eigenvalue weighted by molar-refractivity contribution is 5.90. The van der Waals surface area contributed by atoms with Crippen molar-refractivity contribution in [2.45, 2.75) is 163 Å². The summed E-state index contributed by atoms with van der Waals surface area (Å²) in [6.07, 6.45) is -14.4. The van der Waals surface area contributed by atoms with Gasteiger partial charge in [0.25, 0.3) is 0 Å². The zero-order valence-corrected chi connectivity index (χ0v) is 56.8. The van der Waals surface area contributed by atoms with Crippen LogP contribution in [-0.2, 0) is 109 Å². The van der Waals surface area contributed by atoms with Crippen LogP contribution in [0.1, 0.15) is 59.3 Å². The van der Waals surface area contributed by atoms with Gasteiger partial charge in [-0.15, -0.1) is 0 Å². The minimum absolute atomic E-state index is 0.0161. The average Bonchev–Trinajstić information content (AvgIpc) is 0.824. The maximum absolute atomic E-state index is 13.6. The molecule has 0 aromatic heterocycles. The maximum atomic E-state index is 13.6. The molecule has 40 nitrogen and oxygen atoms in total. The van der Waals surface area contributed by atoms with Gasteiger partial charge >= 0.3 is 5.97 Å². The van der Waals surface area contributed by atoms with Crippen LogP contribution in [0.2, 0.25) is 0 Å². The Hall–Kier alpha value is -5.20. The molecule has 0 aromatic rings. The Morgan fingerprint density at radius 1 is 0.360 bits per heavy atom. The third-order valence-corrected chi connectivity index (χ3v) is 15.0. The summed E-state index contributed by atoms with van der Waals surface area (Å²) in [6.45, 7) is 2.54. The van der Waals surface area contributed by atoms with Gasteiger partial charge in [0.15, 0.2) is 18.9 Å². The Balaban J connectivity index is 1.34. The highest BCUT2D eigenvalue weighted by atomic mass is 16.7. The van der Waals surface area contributed by atoms with Crippen molar-refractivity contribution >= 4 is 47.3 Å². The lowest BCUT2D eigenvalue weighted by Gasteiger charge is -2.42. The number of hydrogen-bond donors (Lipinski definition) is 17. The van der Waals surface area contributed by atoms with Gasteiger partial charge in [-0.05, 0) is 38.5 Å². The Kier molecular flexibility index (Phi) is 46.9. The van der Waals surface area contributed by atoms with Crippen molar-refractivity contribution in [1.82, 2.24) is 37.2 Å². The van der Waals surface area contributed by atoms with E-state index in [0.29, 0.717) is 12.8 Å². The first-order valence-electron chi connectivity index (χ1n) is 33.1. The van der Waals surface area contributed by atoms with E-state index in [1.807, 2.05) is 0 Å². The molecular formula is C60H107N7O33. The molecule has 17 atom stereocenters. The first kappa shape index (κ1) is 89.0. The molecule has 0 spiro atoms. The molecule has 3 rings (SSSR count). The van der Waals surface area contributed by atoms with E-state index in [0.717, 1.165) is 0 Å². The van der Waals surface area contributed by atoms with Crippen LogP contribution >= 0.6 is 0 Å². The number of unbranched alkanes of at least 4 members (excludes halogenated alkanes) is 2. The van der Waals surface area contributed by atoms with Gasteiger partial charge in [-0.25, -0.2) is 4.79 Å². The molecule has 100 heavy (non-hydrogen) atoms. The molecule has 0 saturated carbocycles. The molecule has 580 valence electrons. The zero-order valence-electron chi connectivity index (χ0n) is 56.8. The number of aliphatic hydroxyl groups excluding tert-OH is 9. The normalized spacial score (nSPS) is 25.8. The number of aliphatic carboxylic acids is 1. The van der Waals surface area contributed by atoms with E-state index in [1.54, 1.807) is 0 Å².